The Morgan fingerprint density at radius 3 is 2.66 bits per heavy atom. The van der Waals surface area contributed by atoms with Gasteiger partial charge < -0.3 is 14.8 Å². The predicted octanol–water partition coefficient (Wildman–Crippen LogP) is 3.16. The van der Waals surface area contributed by atoms with Crippen molar-refractivity contribution in [1.29, 1.82) is 0 Å². The molecule has 0 saturated heterocycles. The minimum Gasteiger partial charge on any atom is -0.497 e. The van der Waals surface area contributed by atoms with Crippen LogP contribution >= 0.6 is 0 Å². The maximum atomic E-state index is 13.2. The fourth-order valence-corrected chi connectivity index (χ4v) is 4.23. The monoisotopic (exact) mass is 434 g/mol. The highest BCUT2D eigenvalue weighted by molar-refractivity contribution is 5.84. The molecule has 168 valence electrons. The van der Waals surface area contributed by atoms with Gasteiger partial charge in [0.25, 0.3) is 0 Å². The van der Waals surface area contributed by atoms with Gasteiger partial charge in [0, 0.05) is 50.6 Å². The Morgan fingerprint density at radius 2 is 1.94 bits per heavy atom. The molecule has 2 aromatic carbocycles. The van der Waals surface area contributed by atoms with Crippen LogP contribution in [0.15, 0.2) is 48.7 Å². The molecule has 1 aliphatic rings. The van der Waals surface area contributed by atoms with Gasteiger partial charge >= 0.3 is 0 Å². The lowest BCUT2D eigenvalue weighted by Gasteiger charge is -2.31. The molecule has 2 heterocycles. The van der Waals surface area contributed by atoms with Crippen molar-refractivity contribution in [1.82, 2.24) is 20.0 Å². The molecule has 0 radical (unpaired) electrons. The molecule has 0 fully saturated rings. The topological polar surface area (TPSA) is 68.6 Å². The van der Waals surface area contributed by atoms with E-state index in [0.717, 1.165) is 46.0 Å². The summed E-state index contributed by atoms with van der Waals surface area (Å²) in [7, 11) is 5.24. The van der Waals surface area contributed by atoms with E-state index in [-0.39, 0.29) is 11.8 Å². The van der Waals surface area contributed by atoms with Crippen LogP contribution in [0, 0.1) is 6.92 Å². The standard InChI is InChI=1S/C25H30N4O3/c1-17-5-8-19(23(11-17)32-4)14-29-15-20-13-28(2)27-24(20)22(16-29)25(30)26-12-18-6-9-21(31-3)10-7-18/h5-11,13,22H,12,14-16H2,1-4H3,(H,26,30). The van der Waals surface area contributed by atoms with E-state index in [9.17, 15) is 4.79 Å². The van der Waals surface area contributed by atoms with E-state index in [4.69, 9.17) is 9.47 Å². The number of hydrogen-bond donors (Lipinski definition) is 1. The van der Waals surface area contributed by atoms with Gasteiger partial charge in [0.2, 0.25) is 5.91 Å². The molecule has 4 rings (SSSR count). The maximum Gasteiger partial charge on any atom is 0.230 e. The number of rotatable bonds is 7. The van der Waals surface area contributed by atoms with Crippen LogP contribution in [0.3, 0.4) is 0 Å². The third-order valence-corrected chi connectivity index (χ3v) is 5.88. The van der Waals surface area contributed by atoms with Crippen molar-refractivity contribution < 1.29 is 14.3 Å². The lowest BCUT2D eigenvalue weighted by Crippen LogP contribution is -2.40. The summed E-state index contributed by atoms with van der Waals surface area (Å²) in [6.45, 7) is 4.59. The second-order valence-electron chi connectivity index (χ2n) is 8.32. The summed E-state index contributed by atoms with van der Waals surface area (Å²) in [5, 5.41) is 7.70. The van der Waals surface area contributed by atoms with Gasteiger partial charge in [0.15, 0.2) is 0 Å². The molecule has 1 unspecified atom stereocenters. The van der Waals surface area contributed by atoms with E-state index < -0.39 is 0 Å². The molecule has 1 aliphatic heterocycles. The van der Waals surface area contributed by atoms with E-state index in [1.54, 1.807) is 18.9 Å². The summed E-state index contributed by atoms with van der Waals surface area (Å²) in [4.78, 5) is 15.5. The fourth-order valence-electron chi connectivity index (χ4n) is 4.23. The molecule has 32 heavy (non-hydrogen) atoms. The SMILES string of the molecule is COc1ccc(CNC(=O)C2CN(Cc3ccc(C)cc3OC)Cc3cn(C)nc32)cc1. The number of fused-ring (bicyclic) bond motifs is 1. The number of hydrogen-bond acceptors (Lipinski definition) is 5. The molecule has 0 saturated carbocycles. The number of ether oxygens (including phenoxy) is 2. The first-order chi connectivity index (χ1) is 15.5. The molecule has 0 aliphatic carbocycles. The van der Waals surface area contributed by atoms with Crippen LogP contribution in [0.25, 0.3) is 0 Å². The number of amides is 1. The van der Waals surface area contributed by atoms with Crippen LogP contribution in [0.5, 0.6) is 11.5 Å². The van der Waals surface area contributed by atoms with Crippen LogP contribution in [0.4, 0.5) is 0 Å². The highest BCUT2D eigenvalue weighted by Gasteiger charge is 2.33. The normalized spacial score (nSPS) is 15.8. The highest BCUT2D eigenvalue weighted by atomic mass is 16.5. The number of nitrogens with one attached hydrogen (secondary N) is 1. The molecule has 7 nitrogen and oxygen atoms in total. The zero-order valence-corrected chi connectivity index (χ0v) is 19.1. The number of aryl methyl sites for hydroxylation is 2. The van der Waals surface area contributed by atoms with Crippen molar-refractivity contribution >= 4 is 5.91 Å². The van der Waals surface area contributed by atoms with Crippen molar-refractivity contribution in [3.8, 4) is 11.5 Å². The van der Waals surface area contributed by atoms with Crippen LogP contribution in [-0.4, -0.2) is 41.4 Å². The molecular formula is C25H30N4O3. The summed E-state index contributed by atoms with van der Waals surface area (Å²) in [6, 6.07) is 14.0. The lowest BCUT2D eigenvalue weighted by atomic mass is 9.95. The molecule has 1 atom stereocenters. The van der Waals surface area contributed by atoms with Gasteiger partial charge in [-0.3, -0.25) is 14.4 Å². The van der Waals surface area contributed by atoms with E-state index in [1.807, 2.05) is 43.6 Å². The number of benzene rings is 2. The summed E-state index contributed by atoms with van der Waals surface area (Å²) in [6.07, 6.45) is 2.01. The molecular weight excluding hydrogens is 404 g/mol. The van der Waals surface area contributed by atoms with Gasteiger partial charge in [-0.2, -0.15) is 5.10 Å². The van der Waals surface area contributed by atoms with Crippen molar-refractivity contribution in [2.24, 2.45) is 7.05 Å². The minimum atomic E-state index is -0.324. The van der Waals surface area contributed by atoms with E-state index in [2.05, 4.69) is 34.4 Å². The average molecular weight is 435 g/mol. The first-order valence-corrected chi connectivity index (χ1v) is 10.8. The van der Waals surface area contributed by atoms with E-state index in [0.29, 0.717) is 19.6 Å². The number of aromatic nitrogens is 2. The zero-order chi connectivity index (χ0) is 22.7. The van der Waals surface area contributed by atoms with Gasteiger partial charge in [-0.05, 0) is 36.2 Å². The molecule has 3 aromatic rings. The van der Waals surface area contributed by atoms with Gasteiger partial charge in [0.1, 0.15) is 11.5 Å². The third-order valence-electron chi connectivity index (χ3n) is 5.88. The molecule has 1 N–H and O–H groups in total. The fraction of sp³-hybridized carbons (Fsp3) is 0.360. The predicted molar refractivity (Wildman–Crippen MR) is 123 cm³/mol. The van der Waals surface area contributed by atoms with Crippen molar-refractivity contribution in [2.45, 2.75) is 32.5 Å². The number of nitrogens with zero attached hydrogens (tertiary/aromatic N) is 3. The van der Waals surface area contributed by atoms with Crippen molar-refractivity contribution in [2.75, 3.05) is 20.8 Å². The maximum absolute atomic E-state index is 13.2. The quantitative estimate of drug-likeness (QED) is 0.619. The van der Waals surface area contributed by atoms with Crippen molar-refractivity contribution in [3.63, 3.8) is 0 Å². The Balaban J connectivity index is 1.49. The molecule has 7 heteroatoms. The Kier molecular flexibility index (Phi) is 6.46. The Labute approximate surface area is 188 Å². The van der Waals surface area contributed by atoms with E-state index in [1.165, 1.54) is 0 Å². The van der Waals surface area contributed by atoms with Crippen molar-refractivity contribution in [3.05, 3.63) is 76.6 Å². The second kappa shape index (κ2) is 9.44. The summed E-state index contributed by atoms with van der Waals surface area (Å²) in [5.41, 5.74) is 5.26. The van der Waals surface area contributed by atoms with Crippen LogP contribution in [0.2, 0.25) is 0 Å². The summed E-state index contributed by atoms with van der Waals surface area (Å²) in [5.74, 6) is 1.34. The zero-order valence-electron chi connectivity index (χ0n) is 19.1. The third kappa shape index (κ3) is 4.78. The Hall–Kier alpha value is -3.32. The smallest absolute Gasteiger partial charge is 0.230 e. The largest absolute Gasteiger partial charge is 0.497 e. The Bertz CT molecular complexity index is 1090. The molecule has 0 bridgehead atoms. The van der Waals surface area contributed by atoms with Crippen LogP contribution < -0.4 is 14.8 Å². The first kappa shape index (κ1) is 21.9. The first-order valence-electron chi connectivity index (χ1n) is 10.8. The van der Waals surface area contributed by atoms with Crippen LogP contribution in [-0.2, 0) is 31.5 Å². The van der Waals surface area contributed by atoms with Gasteiger partial charge in [-0.15, -0.1) is 0 Å². The van der Waals surface area contributed by atoms with Gasteiger partial charge in [-0.1, -0.05) is 24.3 Å². The Morgan fingerprint density at radius 1 is 1.16 bits per heavy atom. The minimum absolute atomic E-state index is 0.0126. The van der Waals surface area contributed by atoms with E-state index >= 15 is 0 Å². The highest BCUT2D eigenvalue weighted by Crippen LogP contribution is 2.30. The number of carbonyl (C=O) groups is 1. The van der Waals surface area contributed by atoms with Gasteiger partial charge in [0.05, 0.1) is 25.8 Å². The summed E-state index contributed by atoms with van der Waals surface area (Å²) < 4.78 is 12.6. The number of methoxy groups -OCH3 is 2. The number of carbonyl (C=O) groups excluding carboxylic acids is 1. The molecule has 1 amide bonds. The van der Waals surface area contributed by atoms with Crippen LogP contribution in [0.1, 0.15) is 33.9 Å². The van der Waals surface area contributed by atoms with Gasteiger partial charge in [-0.25, -0.2) is 0 Å². The second-order valence-corrected chi connectivity index (χ2v) is 8.32. The molecule has 0 spiro atoms. The lowest BCUT2D eigenvalue weighted by molar-refractivity contribution is -0.123. The average Bonchev–Trinajstić information content (AvgIpc) is 3.18. The summed E-state index contributed by atoms with van der Waals surface area (Å²) >= 11 is 0. The molecule has 1 aromatic heterocycles.